The van der Waals surface area contributed by atoms with Gasteiger partial charge in [-0.25, -0.2) is 8.42 Å². The minimum atomic E-state index is -3.72. The second-order valence-electron chi connectivity index (χ2n) is 9.39. The van der Waals surface area contributed by atoms with E-state index in [1.807, 2.05) is 0 Å². The van der Waals surface area contributed by atoms with Crippen LogP contribution in [0.1, 0.15) is 24.2 Å². The Morgan fingerprint density at radius 1 is 0.912 bits per heavy atom. The molecule has 0 aliphatic carbocycles. The van der Waals surface area contributed by atoms with E-state index in [1.54, 1.807) is 12.1 Å². The first kappa shape index (κ1) is 25.3. The van der Waals surface area contributed by atoms with Crippen molar-refractivity contribution in [2.75, 3.05) is 90.4 Å². The van der Waals surface area contributed by atoms with E-state index in [9.17, 15) is 13.2 Å². The Morgan fingerprint density at radius 2 is 1.47 bits per heavy atom. The fourth-order valence-corrected chi connectivity index (χ4v) is 5.98. The summed E-state index contributed by atoms with van der Waals surface area (Å²) in [6, 6.07) is 4.87. The molecule has 0 atom stereocenters. The molecule has 0 bridgehead atoms. The quantitative estimate of drug-likeness (QED) is 0.579. The second kappa shape index (κ2) is 10.9. The number of rotatable bonds is 7. The van der Waals surface area contributed by atoms with Crippen LogP contribution < -0.4 is 10.2 Å². The summed E-state index contributed by atoms with van der Waals surface area (Å²) in [5.74, 6) is -0.276. The maximum absolute atomic E-state index is 13.5. The highest BCUT2D eigenvalue weighted by Gasteiger charge is 2.31. The number of carbonyl (C=O) groups excluding carboxylic acids is 1. The van der Waals surface area contributed by atoms with Crippen molar-refractivity contribution >= 4 is 21.6 Å². The summed E-state index contributed by atoms with van der Waals surface area (Å²) in [5, 5.41) is 3.07. The lowest BCUT2D eigenvalue weighted by molar-refractivity contribution is -0.00923. The first-order chi connectivity index (χ1) is 16.3. The molecule has 1 N–H and O–H groups in total. The summed E-state index contributed by atoms with van der Waals surface area (Å²) in [6.07, 6.45) is 0. The van der Waals surface area contributed by atoms with Gasteiger partial charge >= 0.3 is 0 Å². The van der Waals surface area contributed by atoms with Crippen molar-refractivity contribution in [1.82, 2.24) is 14.5 Å². The third-order valence-corrected chi connectivity index (χ3v) is 8.62. The van der Waals surface area contributed by atoms with Crippen LogP contribution in [0.5, 0.6) is 0 Å². The molecule has 0 spiro atoms. The molecule has 11 heteroatoms. The predicted molar refractivity (Wildman–Crippen MR) is 128 cm³/mol. The Kier molecular flexibility index (Phi) is 8.11. The minimum Gasteiger partial charge on any atom is -0.379 e. The van der Waals surface area contributed by atoms with Gasteiger partial charge in [-0.1, -0.05) is 0 Å². The largest absolute Gasteiger partial charge is 0.379 e. The van der Waals surface area contributed by atoms with E-state index < -0.39 is 10.0 Å². The zero-order valence-corrected chi connectivity index (χ0v) is 20.9. The van der Waals surface area contributed by atoms with E-state index >= 15 is 0 Å². The van der Waals surface area contributed by atoms with Crippen molar-refractivity contribution in [3.8, 4) is 0 Å². The van der Waals surface area contributed by atoms with Crippen molar-refractivity contribution in [1.29, 1.82) is 0 Å². The summed E-state index contributed by atoms with van der Waals surface area (Å²) >= 11 is 0. The van der Waals surface area contributed by atoms with Crippen molar-refractivity contribution < 1.29 is 27.4 Å². The van der Waals surface area contributed by atoms with E-state index in [0.717, 1.165) is 18.8 Å². The van der Waals surface area contributed by atoms with Gasteiger partial charge in [-0.2, -0.15) is 4.31 Å². The highest BCUT2D eigenvalue weighted by Crippen LogP contribution is 2.27. The molecule has 1 aromatic carbocycles. The summed E-state index contributed by atoms with van der Waals surface area (Å²) in [6.45, 7) is 11.4. The summed E-state index contributed by atoms with van der Waals surface area (Å²) in [4.78, 5) is 18.0. The van der Waals surface area contributed by atoms with Crippen molar-refractivity contribution in [2.24, 2.45) is 0 Å². The van der Waals surface area contributed by atoms with Crippen LogP contribution in [0.25, 0.3) is 0 Å². The smallest absolute Gasteiger partial charge is 0.253 e. The number of hydrogen-bond acceptors (Lipinski definition) is 8. The van der Waals surface area contributed by atoms with E-state index in [2.05, 4.69) is 29.0 Å². The molecule has 0 aromatic heterocycles. The van der Waals surface area contributed by atoms with E-state index in [4.69, 9.17) is 14.2 Å². The monoisotopic (exact) mass is 496 g/mol. The third kappa shape index (κ3) is 5.72. The van der Waals surface area contributed by atoms with Gasteiger partial charge in [-0.15, -0.1) is 0 Å². The normalized spacial score (nSPS) is 21.4. The van der Waals surface area contributed by atoms with Crippen molar-refractivity contribution in [2.45, 2.75) is 24.3 Å². The lowest BCUT2D eigenvalue weighted by atomic mass is 10.0. The number of amides is 1. The van der Waals surface area contributed by atoms with E-state index in [0.29, 0.717) is 77.9 Å². The van der Waals surface area contributed by atoms with Crippen LogP contribution in [0.15, 0.2) is 23.1 Å². The number of benzene rings is 1. The molecule has 3 saturated heterocycles. The van der Waals surface area contributed by atoms with Crippen LogP contribution >= 0.6 is 0 Å². The van der Waals surface area contributed by atoms with Gasteiger partial charge in [0.2, 0.25) is 10.0 Å². The third-order valence-electron chi connectivity index (χ3n) is 6.72. The molecule has 3 aliphatic heterocycles. The minimum absolute atomic E-state index is 0.129. The molecule has 3 fully saturated rings. The Bertz CT molecular complexity index is 952. The molecular weight excluding hydrogens is 460 g/mol. The van der Waals surface area contributed by atoms with Gasteiger partial charge in [0.25, 0.3) is 5.91 Å². The summed E-state index contributed by atoms with van der Waals surface area (Å²) in [5.41, 5.74) is 0.843. The van der Waals surface area contributed by atoms with E-state index in [-0.39, 0.29) is 16.3 Å². The zero-order valence-electron chi connectivity index (χ0n) is 20.1. The van der Waals surface area contributed by atoms with Crippen molar-refractivity contribution in [3.05, 3.63) is 23.8 Å². The van der Waals surface area contributed by atoms with Crippen LogP contribution in [0.2, 0.25) is 0 Å². The summed E-state index contributed by atoms with van der Waals surface area (Å²) < 4.78 is 44.2. The molecule has 190 valence electrons. The molecular formula is C23H36N4O6S. The van der Waals surface area contributed by atoms with Gasteiger partial charge in [0, 0.05) is 57.0 Å². The number of morpholine rings is 3. The molecule has 10 nitrogen and oxygen atoms in total. The fraction of sp³-hybridized carbons (Fsp3) is 0.696. The first-order valence-corrected chi connectivity index (χ1v) is 13.4. The maximum Gasteiger partial charge on any atom is 0.253 e. The average molecular weight is 497 g/mol. The van der Waals surface area contributed by atoms with Crippen molar-refractivity contribution in [3.63, 3.8) is 0 Å². The van der Waals surface area contributed by atoms with Crippen LogP contribution in [-0.2, 0) is 24.2 Å². The Hall–Kier alpha value is -1.76. The topological polar surface area (TPSA) is 101 Å². The predicted octanol–water partition coefficient (Wildman–Crippen LogP) is 0.385. The molecule has 0 radical (unpaired) electrons. The SMILES string of the molecule is CC(C)(CNC(=O)c1cc(S(=O)(=O)N2CCOCC2)ccc1N1CCOCC1)N1CCOCC1. The highest BCUT2D eigenvalue weighted by molar-refractivity contribution is 7.89. The van der Waals surface area contributed by atoms with Gasteiger partial charge in [0.05, 0.1) is 50.1 Å². The average Bonchev–Trinajstić information content (AvgIpc) is 2.88. The number of nitrogens with zero attached hydrogens (tertiary/aromatic N) is 3. The first-order valence-electron chi connectivity index (χ1n) is 11.9. The Labute approximate surface area is 202 Å². The maximum atomic E-state index is 13.5. The number of hydrogen-bond donors (Lipinski definition) is 1. The molecule has 3 heterocycles. The van der Waals surface area contributed by atoms with Crippen LogP contribution in [0, 0.1) is 0 Å². The molecule has 0 unspecified atom stereocenters. The number of ether oxygens (including phenoxy) is 3. The van der Waals surface area contributed by atoms with Crippen LogP contribution in [-0.4, -0.2) is 115 Å². The second-order valence-corrected chi connectivity index (χ2v) is 11.3. The van der Waals surface area contributed by atoms with Gasteiger partial charge < -0.3 is 24.4 Å². The summed E-state index contributed by atoms with van der Waals surface area (Å²) in [7, 11) is -3.72. The lowest BCUT2D eigenvalue weighted by Gasteiger charge is -2.41. The number of carbonyl (C=O) groups is 1. The van der Waals surface area contributed by atoms with E-state index in [1.165, 1.54) is 10.4 Å². The van der Waals surface area contributed by atoms with Gasteiger partial charge in [-0.3, -0.25) is 9.69 Å². The fourth-order valence-electron chi connectivity index (χ4n) is 4.55. The molecule has 3 aliphatic rings. The Balaban J connectivity index is 1.58. The Morgan fingerprint density at radius 3 is 2.09 bits per heavy atom. The van der Waals surface area contributed by atoms with Crippen LogP contribution in [0.3, 0.4) is 0 Å². The van der Waals surface area contributed by atoms with Gasteiger partial charge in [-0.05, 0) is 32.0 Å². The van der Waals surface area contributed by atoms with Gasteiger partial charge in [0.1, 0.15) is 0 Å². The van der Waals surface area contributed by atoms with Crippen LogP contribution in [0.4, 0.5) is 5.69 Å². The molecule has 1 amide bonds. The molecule has 0 saturated carbocycles. The highest BCUT2D eigenvalue weighted by atomic mass is 32.2. The molecule has 34 heavy (non-hydrogen) atoms. The number of nitrogens with one attached hydrogen (secondary N) is 1. The zero-order chi connectivity index (χ0) is 24.2. The lowest BCUT2D eigenvalue weighted by Crippen LogP contribution is -2.55. The molecule has 1 aromatic rings. The number of anilines is 1. The van der Waals surface area contributed by atoms with Gasteiger partial charge in [0.15, 0.2) is 0 Å². The standard InChI is InChI=1S/C23H36N4O6S/c1-23(2,26-7-13-32-14-8-26)18-24-22(28)20-17-19(34(29,30)27-9-15-33-16-10-27)3-4-21(20)25-5-11-31-12-6-25/h3-4,17H,5-16,18H2,1-2H3,(H,24,28). The number of sulfonamides is 1. The molecule has 4 rings (SSSR count).